The number of hydrogen-bond donors (Lipinski definition) is 2. The van der Waals surface area contributed by atoms with E-state index in [4.69, 9.17) is 15.7 Å². The molecule has 2 aromatic rings. The van der Waals surface area contributed by atoms with Gasteiger partial charge in [0.2, 0.25) is 11.8 Å². The average Bonchev–Trinajstić information content (AvgIpc) is 3.19. The lowest BCUT2D eigenvalue weighted by Crippen LogP contribution is -2.50. The lowest BCUT2D eigenvalue weighted by Gasteiger charge is -2.35. The van der Waals surface area contributed by atoms with Crippen molar-refractivity contribution in [2.45, 2.75) is 59.3 Å². The Balaban J connectivity index is 0.00000216. The van der Waals surface area contributed by atoms with Gasteiger partial charge in [-0.1, -0.05) is 58.1 Å². The standard InChI is InChI=1S/C27H33F3N6O2.C2H6/c1-17(2)23(24(31)37)34-25-20-8-3-4-9-21(20)32-22(33-25)16-35-12-14-36(15-13-35)26(38)18-6-5-7-19(11-10-18)27(28,29)30;1-2/h3-9,17-18,23H,10-16H2,1-2H3,(H2,31,37)(H,32,33,34);1-2H3. The number of fused-ring (bicyclic) bond motifs is 1. The van der Waals surface area contributed by atoms with Crippen molar-refractivity contribution in [2.75, 3.05) is 31.5 Å². The van der Waals surface area contributed by atoms with Crippen molar-refractivity contribution in [1.82, 2.24) is 19.8 Å². The van der Waals surface area contributed by atoms with Crippen molar-refractivity contribution in [3.63, 3.8) is 0 Å². The van der Waals surface area contributed by atoms with Crippen LogP contribution in [0.25, 0.3) is 10.9 Å². The number of rotatable bonds is 7. The highest BCUT2D eigenvalue weighted by Gasteiger charge is 2.35. The molecule has 2 unspecified atom stereocenters. The van der Waals surface area contributed by atoms with Gasteiger partial charge in [-0.3, -0.25) is 14.5 Å². The smallest absolute Gasteiger partial charge is 0.368 e. The maximum atomic E-state index is 13.0. The van der Waals surface area contributed by atoms with Gasteiger partial charge in [-0.25, -0.2) is 9.97 Å². The van der Waals surface area contributed by atoms with Crippen molar-refractivity contribution >= 4 is 28.5 Å². The van der Waals surface area contributed by atoms with Crippen molar-refractivity contribution in [2.24, 2.45) is 17.6 Å². The van der Waals surface area contributed by atoms with Gasteiger partial charge >= 0.3 is 6.18 Å². The highest BCUT2D eigenvalue weighted by molar-refractivity contribution is 5.92. The summed E-state index contributed by atoms with van der Waals surface area (Å²) in [6.45, 7) is 10.4. The number of amides is 2. The number of anilines is 1. The summed E-state index contributed by atoms with van der Waals surface area (Å²) in [5.74, 6) is -0.0701. The second kappa shape index (κ2) is 13.7. The predicted molar refractivity (Wildman–Crippen MR) is 150 cm³/mol. The zero-order valence-electron chi connectivity index (χ0n) is 23.5. The molecule has 0 bridgehead atoms. The number of hydrogen-bond acceptors (Lipinski definition) is 6. The number of alkyl halides is 3. The van der Waals surface area contributed by atoms with Crippen LogP contribution in [0.2, 0.25) is 0 Å². The molecule has 4 rings (SSSR count). The van der Waals surface area contributed by atoms with E-state index in [0.717, 1.165) is 17.0 Å². The Bertz CT molecular complexity index is 1240. The Morgan fingerprint density at radius 3 is 2.40 bits per heavy atom. The topological polar surface area (TPSA) is 104 Å². The summed E-state index contributed by atoms with van der Waals surface area (Å²) in [7, 11) is 0. The van der Waals surface area contributed by atoms with E-state index in [1.165, 1.54) is 6.08 Å². The molecule has 0 saturated carbocycles. The van der Waals surface area contributed by atoms with Gasteiger partial charge in [-0.15, -0.1) is 0 Å². The molecule has 2 heterocycles. The quantitative estimate of drug-likeness (QED) is 0.510. The van der Waals surface area contributed by atoms with Crippen molar-refractivity contribution < 1.29 is 22.8 Å². The van der Waals surface area contributed by atoms with Crippen LogP contribution in [0.1, 0.15) is 46.4 Å². The van der Waals surface area contributed by atoms with E-state index in [1.54, 1.807) is 11.0 Å². The number of benzene rings is 1. The first-order chi connectivity index (χ1) is 19.0. The highest BCUT2D eigenvalue weighted by atomic mass is 19.4. The number of nitrogens with two attached hydrogens (primary N) is 1. The monoisotopic (exact) mass is 560 g/mol. The highest BCUT2D eigenvalue weighted by Crippen LogP contribution is 2.32. The second-order valence-electron chi connectivity index (χ2n) is 10.1. The number of para-hydroxylation sites is 1. The summed E-state index contributed by atoms with van der Waals surface area (Å²) in [4.78, 5) is 38.3. The van der Waals surface area contributed by atoms with E-state index in [1.807, 2.05) is 52.0 Å². The third-order valence-corrected chi connectivity index (χ3v) is 7.01. The minimum Gasteiger partial charge on any atom is -0.368 e. The number of allylic oxidation sites excluding steroid dienone is 3. The molecule has 1 aromatic heterocycles. The largest absolute Gasteiger partial charge is 0.412 e. The Kier molecular flexibility index (Phi) is 10.7. The van der Waals surface area contributed by atoms with E-state index in [2.05, 4.69) is 10.2 Å². The van der Waals surface area contributed by atoms with Gasteiger partial charge in [-0.2, -0.15) is 13.2 Å². The Hall–Kier alpha value is -3.47. The van der Waals surface area contributed by atoms with Gasteiger partial charge in [0.1, 0.15) is 17.7 Å². The molecule has 2 amide bonds. The molecule has 1 saturated heterocycles. The first-order valence-electron chi connectivity index (χ1n) is 13.8. The van der Waals surface area contributed by atoms with Gasteiger partial charge in [0.15, 0.2) is 0 Å². The summed E-state index contributed by atoms with van der Waals surface area (Å²) in [6, 6.07) is 6.95. The number of halogens is 3. The molecular formula is C29H39F3N6O2. The van der Waals surface area contributed by atoms with Crippen LogP contribution in [-0.2, 0) is 16.1 Å². The van der Waals surface area contributed by atoms with Crippen LogP contribution in [0.5, 0.6) is 0 Å². The van der Waals surface area contributed by atoms with Gasteiger partial charge in [-0.05, 0) is 30.9 Å². The molecule has 2 atom stereocenters. The molecule has 40 heavy (non-hydrogen) atoms. The molecule has 0 spiro atoms. The summed E-state index contributed by atoms with van der Waals surface area (Å²) < 4.78 is 39.1. The van der Waals surface area contributed by atoms with E-state index >= 15 is 0 Å². The van der Waals surface area contributed by atoms with Crippen LogP contribution < -0.4 is 11.1 Å². The molecule has 0 radical (unpaired) electrons. The maximum absolute atomic E-state index is 13.0. The lowest BCUT2D eigenvalue weighted by molar-refractivity contribution is -0.136. The van der Waals surface area contributed by atoms with Gasteiger partial charge in [0, 0.05) is 37.1 Å². The fourth-order valence-corrected chi connectivity index (χ4v) is 4.82. The van der Waals surface area contributed by atoms with Gasteiger partial charge in [0.05, 0.1) is 18.0 Å². The number of piperazine rings is 1. The molecule has 1 aliphatic carbocycles. The molecule has 1 aliphatic heterocycles. The van der Waals surface area contributed by atoms with Crippen LogP contribution >= 0.6 is 0 Å². The van der Waals surface area contributed by atoms with Crippen LogP contribution in [-0.4, -0.2) is 70.0 Å². The Morgan fingerprint density at radius 2 is 1.77 bits per heavy atom. The Labute approximate surface area is 233 Å². The first kappa shape index (κ1) is 31.1. The maximum Gasteiger partial charge on any atom is 0.412 e. The molecular weight excluding hydrogens is 521 g/mol. The third kappa shape index (κ3) is 7.80. The number of nitrogens with zero attached hydrogens (tertiary/aromatic N) is 4. The molecule has 11 heteroatoms. The summed E-state index contributed by atoms with van der Waals surface area (Å²) in [5.41, 5.74) is 5.74. The number of primary amides is 1. The number of carbonyl (C=O) groups excluding carboxylic acids is 2. The first-order valence-corrected chi connectivity index (χ1v) is 13.8. The summed E-state index contributed by atoms with van der Waals surface area (Å²) >= 11 is 0. The van der Waals surface area contributed by atoms with Crippen LogP contribution in [0.4, 0.5) is 19.0 Å². The SMILES string of the molecule is CC.CC(C)C(Nc1nc(CN2CCN(C(=O)C3C=CC=C(C(F)(F)F)CC3)CC2)nc2ccccc12)C(N)=O. The minimum atomic E-state index is -4.37. The fourth-order valence-electron chi connectivity index (χ4n) is 4.82. The van der Waals surface area contributed by atoms with E-state index in [-0.39, 0.29) is 24.7 Å². The van der Waals surface area contributed by atoms with Gasteiger partial charge in [0.25, 0.3) is 0 Å². The molecule has 218 valence electrons. The predicted octanol–water partition coefficient (Wildman–Crippen LogP) is 4.68. The van der Waals surface area contributed by atoms with Crippen LogP contribution in [0.15, 0.2) is 48.1 Å². The summed E-state index contributed by atoms with van der Waals surface area (Å²) in [5, 5.41) is 3.99. The zero-order chi connectivity index (χ0) is 29.4. The zero-order valence-corrected chi connectivity index (χ0v) is 23.5. The fraction of sp³-hybridized carbons (Fsp3) is 0.517. The minimum absolute atomic E-state index is 0.0329. The van der Waals surface area contributed by atoms with E-state index in [0.29, 0.717) is 44.4 Å². The normalized spacial score (nSPS) is 18.9. The molecule has 8 nitrogen and oxygen atoms in total. The molecule has 3 N–H and O–H groups in total. The Morgan fingerprint density at radius 1 is 1.10 bits per heavy atom. The van der Waals surface area contributed by atoms with E-state index in [9.17, 15) is 22.8 Å². The van der Waals surface area contributed by atoms with Crippen LogP contribution in [0, 0.1) is 11.8 Å². The molecule has 2 aliphatic rings. The molecule has 1 fully saturated rings. The van der Waals surface area contributed by atoms with Crippen LogP contribution in [0.3, 0.4) is 0 Å². The van der Waals surface area contributed by atoms with Crippen molar-refractivity contribution in [1.29, 1.82) is 0 Å². The number of nitrogens with one attached hydrogen (secondary N) is 1. The lowest BCUT2D eigenvalue weighted by atomic mass is 9.99. The second-order valence-corrected chi connectivity index (χ2v) is 10.1. The van der Waals surface area contributed by atoms with E-state index < -0.39 is 29.6 Å². The number of aromatic nitrogens is 2. The summed E-state index contributed by atoms with van der Waals surface area (Å²) in [6.07, 6.45) is -0.421. The van der Waals surface area contributed by atoms with Crippen molar-refractivity contribution in [3.8, 4) is 0 Å². The van der Waals surface area contributed by atoms with Crippen molar-refractivity contribution in [3.05, 3.63) is 53.9 Å². The molecule has 1 aromatic carbocycles. The van der Waals surface area contributed by atoms with Gasteiger partial charge < -0.3 is 16.0 Å². The average molecular weight is 561 g/mol. The third-order valence-electron chi connectivity index (χ3n) is 7.01. The number of carbonyl (C=O) groups is 2.